The number of phenols is 2. The van der Waals surface area contributed by atoms with Crippen LogP contribution in [0.2, 0.25) is 0 Å². The predicted octanol–water partition coefficient (Wildman–Crippen LogP) is 3.70. The Morgan fingerprint density at radius 3 is 1.44 bits per heavy atom. The van der Waals surface area contributed by atoms with E-state index in [9.17, 15) is 34.5 Å². The van der Waals surface area contributed by atoms with Gasteiger partial charge in [-0.15, -0.1) is 0 Å². The number of aliphatic carboxylic acids is 1. The number of hydrogen-bond acceptors (Lipinski definition) is 7. The molecular formula is C33H30N2O8. The fourth-order valence-electron chi connectivity index (χ4n) is 4.58. The predicted molar refractivity (Wildman–Crippen MR) is 158 cm³/mol. The number of carbonyl (C=O) groups excluding carboxylic acids is 3. The highest BCUT2D eigenvalue weighted by atomic mass is 16.5. The molecule has 0 fully saturated rings. The molecule has 4 aromatic carbocycles. The number of rotatable bonds is 11. The van der Waals surface area contributed by atoms with Crippen LogP contribution >= 0.6 is 0 Å². The minimum absolute atomic E-state index is 0.0154. The van der Waals surface area contributed by atoms with Crippen molar-refractivity contribution in [1.82, 2.24) is 10.6 Å². The van der Waals surface area contributed by atoms with Crippen molar-refractivity contribution in [1.29, 1.82) is 0 Å². The number of phenolic OH excluding ortho intramolecular Hbond substituents is 2. The third kappa shape index (κ3) is 7.76. The molecule has 220 valence electrons. The summed E-state index contributed by atoms with van der Waals surface area (Å²) in [6, 6.07) is 23.0. The van der Waals surface area contributed by atoms with Crippen molar-refractivity contribution in [2.24, 2.45) is 0 Å². The van der Waals surface area contributed by atoms with Gasteiger partial charge in [0.1, 0.15) is 23.6 Å². The Morgan fingerprint density at radius 1 is 0.628 bits per heavy atom. The van der Waals surface area contributed by atoms with Crippen molar-refractivity contribution in [3.63, 3.8) is 0 Å². The minimum atomic E-state index is -1.26. The molecule has 0 unspecified atom stereocenters. The lowest BCUT2D eigenvalue weighted by Gasteiger charge is -2.19. The molecule has 0 aliphatic carbocycles. The second-order valence-corrected chi connectivity index (χ2v) is 9.75. The Hall–Kier alpha value is -5.64. The lowest BCUT2D eigenvalue weighted by molar-refractivity contribution is -0.143. The van der Waals surface area contributed by atoms with E-state index in [-0.39, 0.29) is 35.5 Å². The van der Waals surface area contributed by atoms with Crippen LogP contribution in [0.25, 0.3) is 11.1 Å². The second kappa shape index (κ2) is 13.8. The van der Waals surface area contributed by atoms with Gasteiger partial charge in [0.25, 0.3) is 11.8 Å². The fourth-order valence-corrected chi connectivity index (χ4v) is 4.58. The van der Waals surface area contributed by atoms with Crippen LogP contribution in [-0.4, -0.2) is 58.3 Å². The van der Waals surface area contributed by atoms with Crippen LogP contribution < -0.4 is 10.6 Å². The average molecular weight is 583 g/mol. The first-order chi connectivity index (χ1) is 20.7. The largest absolute Gasteiger partial charge is 0.508 e. The number of amides is 2. The number of aromatic hydroxyl groups is 2. The van der Waals surface area contributed by atoms with E-state index in [1.807, 2.05) is 0 Å². The van der Waals surface area contributed by atoms with E-state index in [1.54, 1.807) is 66.7 Å². The van der Waals surface area contributed by atoms with Crippen LogP contribution in [-0.2, 0) is 27.2 Å². The summed E-state index contributed by atoms with van der Waals surface area (Å²) in [4.78, 5) is 51.5. The zero-order chi connectivity index (χ0) is 30.9. The molecule has 0 aliphatic rings. The third-order valence-corrected chi connectivity index (χ3v) is 6.78. The Balaban J connectivity index is 1.60. The summed E-state index contributed by atoms with van der Waals surface area (Å²) >= 11 is 0. The first-order valence-electron chi connectivity index (χ1n) is 13.3. The van der Waals surface area contributed by atoms with Gasteiger partial charge in [0.15, 0.2) is 0 Å². The summed E-state index contributed by atoms with van der Waals surface area (Å²) < 4.78 is 4.90. The molecule has 10 heteroatoms. The smallest absolute Gasteiger partial charge is 0.328 e. The highest BCUT2D eigenvalue weighted by Crippen LogP contribution is 2.28. The molecule has 4 aromatic rings. The summed E-state index contributed by atoms with van der Waals surface area (Å²) in [6.07, 6.45) is 0.0932. The molecule has 4 rings (SSSR count). The standard InChI is InChI=1S/C33H30N2O8/c1-43-33(42)29(19-21-12-16-23(37)17-13-21)35-31(39)27-9-5-3-7-25(27)24-6-2-4-8-26(24)30(38)34-28(32(40)41)18-20-10-14-22(36)15-11-20/h2-17,28-29,36-37H,18-19H2,1H3,(H,34,38)(H,35,39)(H,40,41)/t28-,29-/m0/s1. The second-order valence-electron chi connectivity index (χ2n) is 9.75. The van der Waals surface area contributed by atoms with Gasteiger partial charge in [0.2, 0.25) is 0 Å². The van der Waals surface area contributed by atoms with Gasteiger partial charge in [-0.25, -0.2) is 9.59 Å². The SMILES string of the molecule is COC(=O)[C@H](Cc1ccc(O)cc1)NC(=O)c1ccccc1-c1ccccc1C(=O)N[C@@H](Cc1ccc(O)cc1)C(=O)O. The fraction of sp³-hybridized carbons (Fsp3) is 0.152. The number of carboxylic acid groups (broad SMARTS) is 1. The average Bonchev–Trinajstić information content (AvgIpc) is 3.01. The molecule has 2 amide bonds. The van der Waals surface area contributed by atoms with E-state index in [0.29, 0.717) is 22.3 Å². The van der Waals surface area contributed by atoms with Gasteiger partial charge in [0.05, 0.1) is 7.11 Å². The Morgan fingerprint density at radius 2 is 1.02 bits per heavy atom. The number of esters is 1. The number of benzene rings is 4. The highest BCUT2D eigenvalue weighted by Gasteiger charge is 2.26. The summed E-state index contributed by atoms with van der Waals surface area (Å²) in [5.74, 6) is -3.04. The molecule has 0 saturated heterocycles. The van der Waals surface area contributed by atoms with Gasteiger partial charge in [0, 0.05) is 24.0 Å². The quantitative estimate of drug-likeness (QED) is 0.167. The van der Waals surface area contributed by atoms with Crippen molar-refractivity contribution >= 4 is 23.8 Å². The zero-order valence-corrected chi connectivity index (χ0v) is 23.2. The van der Waals surface area contributed by atoms with Gasteiger partial charge in [-0.05, 0) is 58.7 Å². The number of methoxy groups -OCH3 is 1. The molecule has 0 radical (unpaired) electrons. The monoisotopic (exact) mass is 582 g/mol. The van der Waals surface area contributed by atoms with Crippen LogP contribution in [0.1, 0.15) is 31.8 Å². The lowest BCUT2D eigenvalue weighted by atomic mass is 9.94. The molecule has 0 saturated carbocycles. The number of ether oxygens (including phenoxy) is 1. The summed E-state index contributed by atoms with van der Waals surface area (Å²) in [5, 5.41) is 34.1. The Kier molecular flexibility index (Phi) is 9.74. The number of hydrogen-bond donors (Lipinski definition) is 5. The maximum atomic E-state index is 13.5. The van der Waals surface area contributed by atoms with Gasteiger partial charge < -0.3 is 30.7 Å². The molecule has 5 N–H and O–H groups in total. The number of carbonyl (C=O) groups is 4. The third-order valence-electron chi connectivity index (χ3n) is 6.78. The van der Waals surface area contributed by atoms with E-state index in [4.69, 9.17) is 4.74 Å². The van der Waals surface area contributed by atoms with E-state index in [2.05, 4.69) is 10.6 Å². The minimum Gasteiger partial charge on any atom is -0.508 e. The molecule has 0 bridgehead atoms. The van der Waals surface area contributed by atoms with Crippen molar-refractivity contribution in [3.8, 4) is 22.6 Å². The molecule has 0 heterocycles. The zero-order valence-electron chi connectivity index (χ0n) is 23.2. The van der Waals surface area contributed by atoms with Crippen LogP contribution in [0, 0.1) is 0 Å². The molecule has 43 heavy (non-hydrogen) atoms. The van der Waals surface area contributed by atoms with Crippen molar-refractivity contribution in [2.45, 2.75) is 24.9 Å². The molecule has 0 aromatic heterocycles. The van der Waals surface area contributed by atoms with Crippen molar-refractivity contribution in [3.05, 3.63) is 119 Å². The van der Waals surface area contributed by atoms with E-state index in [0.717, 1.165) is 0 Å². The number of carboxylic acids is 1. The van der Waals surface area contributed by atoms with Crippen LogP contribution in [0.5, 0.6) is 11.5 Å². The highest BCUT2D eigenvalue weighted by molar-refractivity contribution is 6.07. The molecular weight excluding hydrogens is 552 g/mol. The van der Waals surface area contributed by atoms with Crippen molar-refractivity contribution < 1.29 is 39.2 Å². The molecule has 0 aliphatic heterocycles. The van der Waals surface area contributed by atoms with Crippen LogP contribution in [0.4, 0.5) is 0 Å². The Bertz CT molecular complexity index is 1620. The summed E-state index contributed by atoms with van der Waals surface area (Å²) in [7, 11) is 1.22. The maximum Gasteiger partial charge on any atom is 0.328 e. The van der Waals surface area contributed by atoms with Gasteiger partial charge in [-0.3, -0.25) is 9.59 Å². The van der Waals surface area contributed by atoms with Crippen molar-refractivity contribution in [2.75, 3.05) is 7.11 Å². The molecule has 10 nitrogen and oxygen atoms in total. The van der Waals surface area contributed by atoms with Gasteiger partial charge in [-0.1, -0.05) is 60.7 Å². The summed E-state index contributed by atoms with van der Waals surface area (Å²) in [5.41, 5.74) is 2.39. The topological polar surface area (TPSA) is 162 Å². The number of nitrogens with one attached hydrogen (secondary N) is 2. The van der Waals surface area contributed by atoms with E-state index in [1.165, 1.54) is 37.4 Å². The van der Waals surface area contributed by atoms with Crippen LogP contribution in [0.3, 0.4) is 0 Å². The molecule has 2 atom stereocenters. The lowest BCUT2D eigenvalue weighted by Crippen LogP contribution is -2.43. The molecule has 0 spiro atoms. The maximum absolute atomic E-state index is 13.5. The first-order valence-corrected chi connectivity index (χ1v) is 13.3. The summed E-state index contributed by atoms with van der Waals surface area (Å²) in [6.45, 7) is 0. The van der Waals surface area contributed by atoms with E-state index >= 15 is 0 Å². The normalized spacial score (nSPS) is 12.0. The van der Waals surface area contributed by atoms with E-state index < -0.39 is 35.8 Å². The Labute approximate surface area is 247 Å². The van der Waals surface area contributed by atoms with Crippen LogP contribution in [0.15, 0.2) is 97.1 Å². The van der Waals surface area contributed by atoms with Gasteiger partial charge >= 0.3 is 11.9 Å². The first kappa shape index (κ1) is 30.3. The van der Waals surface area contributed by atoms with Gasteiger partial charge in [-0.2, -0.15) is 0 Å².